The second kappa shape index (κ2) is 8.97. The molecule has 2 fully saturated rings. The van der Waals surface area contributed by atoms with E-state index < -0.39 is 29.7 Å². The number of hydrogen-bond donors (Lipinski definition) is 3. The lowest BCUT2D eigenvalue weighted by Crippen LogP contribution is -2.65. The van der Waals surface area contributed by atoms with Crippen molar-refractivity contribution >= 4 is 17.8 Å². The molecule has 0 radical (unpaired) electrons. The predicted molar refractivity (Wildman–Crippen MR) is 117 cm³/mol. The van der Waals surface area contributed by atoms with Crippen molar-refractivity contribution in [3.05, 3.63) is 64.2 Å². The Hall–Kier alpha value is -2.20. The Labute approximate surface area is 190 Å². The van der Waals surface area contributed by atoms with Crippen LogP contribution in [0.5, 0.6) is 5.75 Å². The summed E-state index contributed by atoms with van der Waals surface area (Å²) in [4.78, 5) is 4.72. The van der Waals surface area contributed by atoms with Gasteiger partial charge in [-0.15, -0.1) is 0 Å². The van der Waals surface area contributed by atoms with Gasteiger partial charge in [0.2, 0.25) is 5.79 Å². The fraction of sp³-hybridized carbons (Fsp3) is 0.435. The molecular weight excluding hydrogens is 438 g/mol. The fourth-order valence-corrected chi connectivity index (χ4v) is 4.34. The first-order valence-corrected chi connectivity index (χ1v) is 10.7. The maximum Gasteiger partial charge on any atom is 0.225 e. The summed E-state index contributed by atoms with van der Waals surface area (Å²) in [5.41, 5.74) is 0.794. The summed E-state index contributed by atoms with van der Waals surface area (Å²) < 4.78 is 17.4. The van der Waals surface area contributed by atoms with Crippen molar-refractivity contribution in [1.29, 1.82) is 0 Å². The predicted octanol–water partition coefficient (Wildman–Crippen LogP) is 2.00. The second-order valence-corrected chi connectivity index (χ2v) is 8.28. The minimum atomic E-state index is -1.70. The Morgan fingerprint density at radius 2 is 1.91 bits per heavy atom. The van der Waals surface area contributed by atoms with E-state index in [0.29, 0.717) is 23.6 Å². The lowest BCUT2D eigenvalue weighted by Gasteiger charge is -2.45. The van der Waals surface area contributed by atoms with E-state index in [1.54, 1.807) is 18.2 Å². The third-order valence-electron chi connectivity index (χ3n) is 5.84. The quantitative estimate of drug-likeness (QED) is 0.425. The van der Waals surface area contributed by atoms with Crippen LogP contribution in [0.1, 0.15) is 23.6 Å². The molecule has 0 aromatic heterocycles. The first-order valence-electron chi connectivity index (χ1n) is 10.3. The molecule has 2 heterocycles. The summed E-state index contributed by atoms with van der Waals surface area (Å²) in [7, 11) is 1.35. The van der Waals surface area contributed by atoms with E-state index in [4.69, 9.17) is 30.6 Å². The lowest BCUT2D eigenvalue weighted by atomic mass is 9.84. The Morgan fingerprint density at radius 3 is 2.59 bits per heavy atom. The molecule has 0 aliphatic carbocycles. The zero-order chi connectivity index (χ0) is 22.9. The largest absolute Gasteiger partial charge is 0.494 e. The van der Waals surface area contributed by atoms with E-state index in [9.17, 15) is 15.3 Å². The van der Waals surface area contributed by atoms with Gasteiger partial charge in [-0.2, -0.15) is 0 Å². The van der Waals surface area contributed by atoms with Crippen LogP contribution in [-0.4, -0.2) is 65.8 Å². The maximum absolute atomic E-state index is 10.8. The molecule has 2 aromatic rings. The SMILES string of the molecule is CCOc1ccc(Cc2cc([C@]34OC[C@](/C=N/OC)(O3)[C@@H](O)[C@H](O)[C@H]4O)ccc2Cl)cc1. The molecule has 0 saturated carbocycles. The molecule has 0 unspecified atom stereocenters. The van der Waals surface area contributed by atoms with Gasteiger partial charge >= 0.3 is 0 Å². The normalized spacial score (nSPS) is 31.8. The molecule has 2 aliphatic rings. The number of ether oxygens (including phenoxy) is 3. The number of halogens is 1. The lowest BCUT2D eigenvalue weighted by molar-refractivity contribution is -0.312. The Bertz CT molecular complexity index is 985. The van der Waals surface area contributed by atoms with Gasteiger partial charge in [0.05, 0.1) is 19.4 Å². The summed E-state index contributed by atoms with van der Waals surface area (Å²) in [6.07, 6.45) is -2.76. The highest BCUT2D eigenvalue weighted by Gasteiger charge is 2.67. The number of hydrogen-bond acceptors (Lipinski definition) is 8. The van der Waals surface area contributed by atoms with Crippen LogP contribution in [0.4, 0.5) is 0 Å². The molecule has 9 heteroatoms. The van der Waals surface area contributed by atoms with Gasteiger partial charge in [-0.25, -0.2) is 0 Å². The van der Waals surface area contributed by atoms with Crippen LogP contribution in [0, 0.1) is 0 Å². The molecule has 8 nitrogen and oxygen atoms in total. The molecule has 2 aromatic carbocycles. The van der Waals surface area contributed by atoms with Crippen LogP contribution in [0.25, 0.3) is 0 Å². The number of aliphatic hydroxyl groups excluding tert-OH is 3. The molecule has 0 spiro atoms. The highest BCUT2D eigenvalue weighted by molar-refractivity contribution is 6.31. The summed E-state index contributed by atoms with van der Waals surface area (Å²) in [6.45, 7) is 2.39. The van der Waals surface area contributed by atoms with Gasteiger partial charge in [-0.3, -0.25) is 0 Å². The van der Waals surface area contributed by atoms with Gasteiger partial charge in [-0.1, -0.05) is 35.0 Å². The number of fused-ring (bicyclic) bond motifs is 2. The van der Waals surface area contributed by atoms with Crippen LogP contribution in [0.3, 0.4) is 0 Å². The van der Waals surface area contributed by atoms with Gasteiger partial charge in [0, 0.05) is 10.6 Å². The van der Waals surface area contributed by atoms with Gasteiger partial charge in [0.15, 0.2) is 5.60 Å². The van der Waals surface area contributed by atoms with E-state index in [0.717, 1.165) is 16.9 Å². The topological polar surface area (TPSA) is 110 Å². The van der Waals surface area contributed by atoms with E-state index in [1.807, 2.05) is 31.2 Å². The van der Waals surface area contributed by atoms with Crippen LogP contribution in [-0.2, 0) is 26.5 Å². The van der Waals surface area contributed by atoms with Crippen LogP contribution in [0.15, 0.2) is 47.6 Å². The number of aliphatic hydroxyl groups is 3. The van der Waals surface area contributed by atoms with E-state index >= 15 is 0 Å². The first-order chi connectivity index (χ1) is 15.3. The first kappa shape index (κ1) is 23.0. The van der Waals surface area contributed by atoms with E-state index in [1.165, 1.54) is 13.3 Å². The molecule has 32 heavy (non-hydrogen) atoms. The second-order valence-electron chi connectivity index (χ2n) is 7.87. The smallest absolute Gasteiger partial charge is 0.225 e. The molecule has 2 saturated heterocycles. The molecule has 0 amide bonds. The Kier molecular flexibility index (Phi) is 6.44. The molecular formula is C23H26ClNO7. The summed E-state index contributed by atoms with van der Waals surface area (Å²) in [5.74, 6) is -0.911. The van der Waals surface area contributed by atoms with E-state index in [2.05, 4.69) is 5.16 Å². The van der Waals surface area contributed by atoms with Gasteiger partial charge in [0.1, 0.15) is 31.2 Å². The van der Waals surface area contributed by atoms with Crippen molar-refractivity contribution in [2.45, 2.75) is 43.0 Å². The number of benzene rings is 2. The Morgan fingerprint density at radius 1 is 1.16 bits per heavy atom. The monoisotopic (exact) mass is 463 g/mol. The van der Waals surface area contributed by atoms with E-state index in [-0.39, 0.29) is 6.61 Å². The Balaban J connectivity index is 1.67. The average Bonchev–Trinajstić information content (AvgIpc) is 3.18. The third kappa shape index (κ3) is 3.87. The minimum Gasteiger partial charge on any atom is -0.494 e. The highest BCUT2D eigenvalue weighted by Crippen LogP contribution is 2.49. The van der Waals surface area contributed by atoms with Crippen molar-refractivity contribution in [3.8, 4) is 5.75 Å². The molecule has 5 atom stereocenters. The average molecular weight is 464 g/mol. The molecule has 172 valence electrons. The summed E-state index contributed by atoms with van der Waals surface area (Å²) in [5, 5.41) is 36.1. The minimum absolute atomic E-state index is 0.133. The van der Waals surface area contributed by atoms with Crippen LogP contribution in [0.2, 0.25) is 5.02 Å². The summed E-state index contributed by atoms with van der Waals surface area (Å²) in [6, 6.07) is 12.8. The van der Waals surface area contributed by atoms with Gasteiger partial charge in [-0.05, 0) is 48.7 Å². The van der Waals surface area contributed by atoms with Gasteiger partial charge in [0.25, 0.3) is 0 Å². The zero-order valence-corrected chi connectivity index (χ0v) is 18.5. The van der Waals surface area contributed by atoms with Crippen molar-refractivity contribution in [2.75, 3.05) is 20.3 Å². The van der Waals surface area contributed by atoms with Gasteiger partial charge < -0.3 is 34.4 Å². The fourth-order valence-electron chi connectivity index (χ4n) is 4.15. The summed E-state index contributed by atoms with van der Waals surface area (Å²) >= 11 is 6.45. The van der Waals surface area contributed by atoms with Crippen LogP contribution >= 0.6 is 11.6 Å². The number of oxime groups is 1. The van der Waals surface area contributed by atoms with Crippen molar-refractivity contribution in [3.63, 3.8) is 0 Å². The molecule has 2 aliphatic heterocycles. The zero-order valence-electron chi connectivity index (χ0n) is 17.8. The van der Waals surface area contributed by atoms with Crippen molar-refractivity contribution < 1.29 is 34.4 Å². The molecule has 3 N–H and O–H groups in total. The standard InChI is InChI=1S/C23H26ClNO7/c1-3-30-17-7-4-14(5-8-17)10-15-11-16(6-9-18(15)24)23-21(28)19(26)20(27)22(32-23,13-31-23)12-25-29-2/h4-9,11-12,19-21,26-28H,3,10,13H2,1-2H3/b25-12+/t19-,20-,21+,22-,23-/m0/s1. The maximum atomic E-state index is 10.8. The molecule has 4 rings (SSSR count). The van der Waals surface area contributed by atoms with Crippen molar-refractivity contribution in [1.82, 2.24) is 0 Å². The van der Waals surface area contributed by atoms with Crippen LogP contribution < -0.4 is 4.74 Å². The number of nitrogens with zero attached hydrogens (tertiary/aromatic N) is 1. The molecule has 2 bridgehead atoms. The highest BCUT2D eigenvalue weighted by atomic mass is 35.5. The third-order valence-corrected chi connectivity index (χ3v) is 6.21. The number of rotatable bonds is 7. The van der Waals surface area contributed by atoms with Crippen molar-refractivity contribution in [2.24, 2.45) is 5.16 Å².